The van der Waals surface area contributed by atoms with Crippen molar-refractivity contribution in [1.82, 2.24) is 4.90 Å². The van der Waals surface area contributed by atoms with Gasteiger partial charge < -0.3 is 9.84 Å². The zero-order chi connectivity index (χ0) is 14.5. The number of aliphatic hydroxyl groups excluding tert-OH is 1. The zero-order valence-electron chi connectivity index (χ0n) is 12.3. The van der Waals surface area contributed by atoms with E-state index in [-0.39, 0.29) is 18.2 Å². The monoisotopic (exact) mass is 281 g/mol. The van der Waals surface area contributed by atoms with Gasteiger partial charge in [-0.3, -0.25) is 4.90 Å². The molecular weight excluding hydrogens is 257 g/mol. The second-order valence-electron chi connectivity index (χ2n) is 5.72. The largest absolute Gasteiger partial charge is 0.488 e. The third-order valence-corrected chi connectivity index (χ3v) is 4.07. The zero-order valence-corrected chi connectivity index (χ0v) is 12.3. The number of nitrogens with zero attached hydrogens (tertiary/aromatic N) is 1. The number of hydrogen-bond acceptors (Lipinski definition) is 3. The number of piperidine rings is 1. The van der Waals surface area contributed by atoms with Gasteiger partial charge in [0.2, 0.25) is 0 Å². The Kier molecular flexibility index (Phi) is 5.38. The van der Waals surface area contributed by atoms with Crippen molar-refractivity contribution in [3.8, 4) is 5.75 Å². The van der Waals surface area contributed by atoms with Gasteiger partial charge >= 0.3 is 0 Å². The van der Waals surface area contributed by atoms with Crippen LogP contribution in [-0.4, -0.2) is 41.3 Å². The molecule has 1 aliphatic rings. The Balaban J connectivity index is 1.83. The number of para-hydroxylation sites is 1. The molecule has 0 unspecified atom stereocenters. The van der Waals surface area contributed by atoms with Gasteiger partial charge in [-0.1, -0.05) is 18.6 Å². The maximum atomic E-state index is 13.4. The minimum atomic E-state index is -0.599. The highest BCUT2D eigenvalue weighted by Gasteiger charge is 2.26. The molecule has 1 aromatic carbocycles. The molecular formula is C16H24FNO2. The quantitative estimate of drug-likeness (QED) is 0.901. The van der Waals surface area contributed by atoms with Gasteiger partial charge in [0, 0.05) is 18.6 Å². The molecule has 3 atom stereocenters. The van der Waals surface area contributed by atoms with Crippen LogP contribution in [0.4, 0.5) is 4.39 Å². The van der Waals surface area contributed by atoms with E-state index in [0.29, 0.717) is 18.6 Å². The SMILES string of the molecule is C[C@@H]1CCC[C@H](C)N1C[C@H](O)COc1ccccc1F. The fourth-order valence-corrected chi connectivity index (χ4v) is 2.88. The predicted molar refractivity (Wildman–Crippen MR) is 77.4 cm³/mol. The van der Waals surface area contributed by atoms with Crippen molar-refractivity contribution in [3.05, 3.63) is 30.1 Å². The van der Waals surface area contributed by atoms with E-state index in [2.05, 4.69) is 18.7 Å². The Labute approximate surface area is 120 Å². The number of β-amino-alcohol motifs (C(OH)–C–C–N with tert-alkyl or cyclic N) is 1. The normalized spacial score (nSPS) is 25.4. The van der Waals surface area contributed by atoms with Crippen molar-refractivity contribution < 1.29 is 14.2 Å². The van der Waals surface area contributed by atoms with Gasteiger partial charge in [-0.25, -0.2) is 4.39 Å². The van der Waals surface area contributed by atoms with Crippen molar-refractivity contribution in [3.63, 3.8) is 0 Å². The third kappa shape index (κ3) is 3.93. The maximum Gasteiger partial charge on any atom is 0.165 e. The number of halogens is 1. The molecule has 0 radical (unpaired) electrons. The number of benzene rings is 1. The smallest absolute Gasteiger partial charge is 0.165 e. The Morgan fingerprint density at radius 2 is 1.95 bits per heavy atom. The highest BCUT2D eigenvalue weighted by atomic mass is 19.1. The van der Waals surface area contributed by atoms with Crippen LogP contribution in [0.25, 0.3) is 0 Å². The van der Waals surface area contributed by atoms with Crippen LogP contribution in [-0.2, 0) is 0 Å². The van der Waals surface area contributed by atoms with Crippen molar-refractivity contribution in [2.24, 2.45) is 0 Å². The van der Waals surface area contributed by atoms with E-state index in [1.807, 2.05) is 0 Å². The first-order chi connectivity index (χ1) is 9.58. The van der Waals surface area contributed by atoms with Crippen molar-refractivity contribution in [2.75, 3.05) is 13.2 Å². The van der Waals surface area contributed by atoms with Crippen LogP contribution in [0, 0.1) is 5.82 Å². The average Bonchev–Trinajstić information content (AvgIpc) is 2.42. The van der Waals surface area contributed by atoms with E-state index < -0.39 is 6.10 Å². The third-order valence-electron chi connectivity index (χ3n) is 4.07. The van der Waals surface area contributed by atoms with Gasteiger partial charge in [0.25, 0.3) is 0 Å². The lowest BCUT2D eigenvalue weighted by Crippen LogP contribution is -2.48. The van der Waals surface area contributed by atoms with E-state index in [0.717, 1.165) is 0 Å². The first kappa shape index (κ1) is 15.3. The van der Waals surface area contributed by atoms with E-state index in [9.17, 15) is 9.50 Å². The molecule has 0 bridgehead atoms. The minimum Gasteiger partial charge on any atom is -0.488 e. The average molecular weight is 281 g/mol. The van der Waals surface area contributed by atoms with Crippen LogP contribution in [0.1, 0.15) is 33.1 Å². The summed E-state index contributed by atoms with van der Waals surface area (Å²) in [7, 11) is 0. The topological polar surface area (TPSA) is 32.7 Å². The van der Waals surface area contributed by atoms with E-state index in [4.69, 9.17) is 4.74 Å². The summed E-state index contributed by atoms with van der Waals surface area (Å²) in [4.78, 5) is 2.32. The molecule has 20 heavy (non-hydrogen) atoms. The second kappa shape index (κ2) is 7.04. The number of aliphatic hydroxyl groups is 1. The van der Waals surface area contributed by atoms with Crippen molar-refractivity contribution in [2.45, 2.75) is 51.3 Å². The summed E-state index contributed by atoms with van der Waals surface area (Å²) in [5.41, 5.74) is 0. The molecule has 3 nitrogen and oxygen atoms in total. The van der Waals surface area contributed by atoms with E-state index >= 15 is 0 Å². The van der Waals surface area contributed by atoms with Gasteiger partial charge in [0.15, 0.2) is 11.6 Å². The van der Waals surface area contributed by atoms with Crippen LogP contribution in [0.15, 0.2) is 24.3 Å². The number of rotatable bonds is 5. The summed E-state index contributed by atoms with van der Waals surface area (Å²) >= 11 is 0. The summed E-state index contributed by atoms with van der Waals surface area (Å²) in [5.74, 6) is -0.189. The fourth-order valence-electron chi connectivity index (χ4n) is 2.88. The Morgan fingerprint density at radius 1 is 1.30 bits per heavy atom. The van der Waals surface area contributed by atoms with Crippen LogP contribution in [0.3, 0.4) is 0 Å². The molecule has 4 heteroatoms. The molecule has 1 aliphatic heterocycles. The van der Waals surface area contributed by atoms with Gasteiger partial charge in [-0.15, -0.1) is 0 Å². The summed E-state index contributed by atoms with van der Waals surface area (Å²) in [5, 5.41) is 10.1. The lowest BCUT2D eigenvalue weighted by atomic mass is 9.97. The molecule has 2 rings (SSSR count). The molecule has 1 aromatic rings. The molecule has 0 spiro atoms. The van der Waals surface area contributed by atoms with Gasteiger partial charge in [-0.2, -0.15) is 0 Å². The Morgan fingerprint density at radius 3 is 2.60 bits per heavy atom. The summed E-state index contributed by atoms with van der Waals surface area (Å²) < 4.78 is 18.8. The summed E-state index contributed by atoms with van der Waals surface area (Å²) in [6.45, 7) is 5.09. The van der Waals surface area contributed by atoms with Crippen LogP contribution in [0.2, 0.25) is 0 Å². The fraction of sp³-hybridized carbons (Fsp3) is 0.625. The van der Waals surface area contributed by atoms with E-state index in [1.165, 1.54) is 25.3 Å². The lowest BCUT2D eigenvalue weighted by molar-refractivity contribution is 0.0202. The molecule has 1 saturated heterocycles. The molecule has 112 valence electrons. The van der Waals surface area contributed by atoms with Gasteiger partial charge in [0.1, 0.15) is 12.7 Å². The number of likely N-dealkylation sites (tertiary alicyclic amines) is 1. The second-order valence-corrected chi connectivity index (χ2v) is 5.72. The summed E-state index contributed by atoms with van der Waals surface area (Å²) in [6, 6.07) is 7.25. The van der Waals surface area contributed by atoms with Gasteiger partial charge in [0.05, 0.1) is 0 Å². The molecule has 0 saturated carbocycles. The number of hydrogen-bond donors (Lipinski definition) is 1. The molecule has 0 aliphatic carbocycles. The molecule has 1 N–H and O–H groups in total. The van der Waals surface area contributed by atoms with Crippen LogP contribution in [0.5, 0.6) is 5.75 Å². The van der Waals surface area contributed by atoms with E-state index in [1.54, 1.807) is 18.2 Å². The molecule has 1 heterocycles. The lowest BCUT2D eigenvalue weighted by Gasteiger charge is -2.40. The van der Waals surface area contributed by atoms with Crippen molar-refractivity contribution >= 4 is 0 Å². The Hall–Kier alpha value is -1.13. The van der Waals surface area contributed by atoms with Crippen molar-refractivity contribution in [1.29, 1.82) is 0 Å². The van der Waals surface area contributed by atoms with Crippen LogP contribution >= 0.6 is 0 Å². The molecule has 0 amide bonds. The first-order valence-corrected chi connectivity index (χ1v) is 7.39. The minimum absolute atomic E-state index is 0.122. The summed E-state index contributed by atoms with van der Waals surface area (Å²) in [6.07, 6.45) is 2.99. The standard InChI is InChI=1S/C16H24FNO2/c1-12-6-5-7-13(2)18(12)10-14(19)11-20-16-9-4-3-8-15(16)17/h3-4,8-9,12-14,19H,5-7,10-11H2,1-2H3/t12-,13+,14-/m0/s1. The molecule has 0 aromatic heterocycles. The van der Waals surface area contributed by atoms with Crippen LogP contribution < -0.4 is 4.74 Å². The van der Waals surface area contributed by atoms with Gasteiger partial charge in [-0.05, 0) is 38.8 Å². The number of ether oxygens (including phenoxy) is 1. The highest BCUT2D eigenvalue weighted by molar-refractivity contribution is 5.23. The maximum absolute atomic E-state index is 13.4. The predicted octanol–water partition coefficient (Wildman–Crippen LogP) is 2.83. The molecule has 1 fully saturated rings. The highest BCUT2D eigenvalue weighted by Crippen LogP contribution is 2.22. The Bertz CT molecular complexity index is 417. The first-order valence-electron chi connectivity index (χ1n) is 7.39.